The van der Waals surface area contributed by atoms with E-state index in [2.05, 4.69) is 26.9 Å². The van der Waals surface area contributed by atoms with E-state index in [-0.39, 0.29) is 5.91 Å². The number of carbonyl (C=O) groups excluding carboxylic acids is 1. The number of carbonyl (C=O) groups is 1. The summed E-state index contributed by atoms with van der Waals surface area (Å²) in [7, 11) is 1.61. The average Bonchev–Trinajstić information content (AvgIpc) is 2.50. The molecular weight excluding hydrogens is 266 g/mol. The molecule has 21 heavy (non-hydrogen) atoms. The van der Waals surface area contributed by atoms with Crippen LogP contribution >= 0.6 is 0 Å². The van der Waals surface area contributed by atoms with E-state index in [1.807, 2.05) is 27.7 Å². The minimum absolute atomic E-state index is 0.0673. The molecule has 1 amide bonds. The van der Waals surface area contributed by atoms with Crippen molar-refractivity contribution in [1.82, 2.24) is 15.5 Å². The smallest absolute Gasteiger partial charge is 0.227 e. The number of nitrogens with one attached hydrogen (secondary N) is 2. The Morgan fingerprint density at radius 1 is 1.29 bits per heavy atom. The highest BCUT2D eigenvalue weighted by atomic mass is 16.2. The molecule has 0 spiro atoms. The third kappa shape index (κ3) is 3.69. The maximum absolute atomic E-state index is 11.8. The maximum Gasteiger partial charge on any atom is 0.227 e. The fraction of sp³-hybridized carbons (Fsp3) is 0.600. The quantitative estimate of drug-likeness (QED) is 0.831. The predicted octanol–water partition coefficient (Wildman–Crippen LogP) is 1.66. The lowest BCUT2D eigenvalue weighted by atomic mass is 9.92. The van der Waals surface area contributed by atoms with Gasteiger partial charge in [-0.2, -0.15) is 10.4 Å². The summed E-state index contributed by atoms with van der Waals surface area (Å²) in [6, 6.07) is 2.20. The fourth-order valence-corrected chi connectivity index (χ4v) is 2.14. The number of hydrogen-bond acceptors (Lipinski definition) is 5. The first-order chi connectivity index (χ1) is 9.91. The van der Waals surface area contributed by atoms with Gasteiger partial charge >= 0.3 is 0 Å². The molecule has 0 aromatic carbocycles. The molecule has 1 heterocycles. The first kappa shape index (κ1) is 16.9. The zero-order chi connectivity index (χ0) is 16.0. The van der Waals surface area contributed by atoms with Gasteiger partial charge in [-0.05, 0) is 32.3 Å². The van der Waals surface area contributed by atoms with Crippen LogP contribution in [0.2, 0.25) is 0 Å². The van der Waals surface area contributed by atoms with Crippen LogP contribution in [0.25, 0.3) is 0 Å². The maximum atomic E-state index is 11.8. The zero-order valence-corrected chi connectivity index (χ0v) is 13.4. The van der Waals surface area contributed by atoms with E-state index in [1.54, 1.807) is 7.05 Å². The number of anilines is 1. The minimum Gasteiger partial charge on any atom is -0.366 e. The SMILES string of the molecule is CCc1nnc(NCC(C)(C)C(=O)NC)c(C#N)c1CC. The van der Waals surface area contributed by atoms with Gasteiger partial charge in [-0.15, -0.1) is 5.10 Å². The Balaban J connectivity index is 3.05. The van der Waals surface area contributed by atoms with Gasteiger partial charge in [-0.1, -0.05) is 13.8 Å². The van der Waals surface area contributed by atoms with Gasteiger partial charge in [0.25, 0.3) is 0 Å². The molecule has 114 valence electrons. The van der Waals surface area contributed by atoms with E-state index in [1.165, 1.54) is 0 Å². The summed E-state index contributed by atoms with van der Waals surface area (Å²) in [6.07, 6.45) is 1.48. The summed E-state index contributed by atoms with van der Waals surface area (Å²) in [6.45, 7) is 8.03. The summed E-state index contributed by atoms with van der Waals surface area (Å²) in [5.41, 5.74) is 1.70. The lowest BCUT2D eigenvalue weighted by Crippen LogP contribution is -2.39. The van der Waals surface area contributed by atoms with E-state index < -0.39 is 5.41 Å². The van der Waals surface area contributed by atoms with E-state index in [0.717, 1.165) is 24.1 Å². The van der Waals surface area contributed by atoms with Gasteiger partial charge in [0.1, 0.15) is 11.6 Å². The van der Waals surface area contributed by atoms with Crippen LogP contribution in [0.3, 0.4) is 0 Å². The lowest BCUT2D eigenvalue weighted by molar-refractivity contribution is -0.128. The molecule has 1 aromatic heterocycles. The van der Waals surface area contributed by atoms with Crippen molar-refractivity contribution in [3.05, 3.63) is 16.8 Å². The Morgan fingerprint density at radius 2 is 1.95 bits per heavy atom. The van der Waals surface area contributed by atoms with Gasteiger partial charge in [0.15, 0.2) is 5.82 Å². The number of nitriles is 1. The summed E-state index contributed by atoms with van der Waals surface area (Å²) < 4.78 is 0. The Morgan fingerprint density at radius 3 is 2.43 bits per heavy atom. The Bertz CT molecular complexity index is 560. The van der Waals surface area contributed by atoms with Crippen LogP contribution in [0.4, 0.5) is 5.82 Å². The van der Waals surface area contributed by atoms with Crippen LogP contribution in [0, 0.1) is 16.7 Å². The zero-order valence-electron chi connectivity index (χ0n) is 13.4. The second kappa shape index (κ2) is 7.02. The molecule has 1 rings (SSSR count). The number of aromatic nitrogens is 2. The van der Waals surface area contributed by atoms with Gasteiger partial charge < -0.3 is 10.6 Å². The fourth-order valence-electron chi connectivity index (χ4n) is 2.14. The van der Waals surface area contributed by atoms with E-state index in [0.29, 0.717) is 17.9 Å². The third-order valence-corrected chi connectivity index (χ3v) is 3.50. The molecule has 0 aliphatic heterocycles. The van der Waals surface area contributed by atoms with Gasteiger partial charge in [0.05, 0.1) is 11.1 Å². The molecule has 6 heteroatoms. The monoisotopic (exact) mass is 289 g/mol. The number of rotatable bonds is 6. The van der Waals surface area contributed by atoms with Crippen LogP contribution < -0.4 is 10.6 Å². The molecular formula is C15H23N5O. The van der Waals surface area contributed by atoms with Crippen molar-refractivity contribution < 1.29 is 4.79 Å². The first-order valence-corrected chi connectivity index (χ1v) is 7.15. The highest BCUT2D eigenvalue weighted by Gasteiger charge is 2.27. The first-order valence-electron chi connectivity index (χ1n) is 7.15. The van der Waals surface area contributed by atoms with Gasteiger partial charge in [0.2, 0.25) is 5.91 Å². The van der Waals surface area contributed by atoms with Gasteiger partial charge in [0, 0.05) is 13.6 Å². The third-order valence-electron chi connectivity index (χ3n) is 3.50. The van der Waals surface area contributed by atoms with Crippen LogP contribution in [0.5, 0.6) is 0 Å². The largest absolute Gasteiger partial charge is 0.366 e. The van der Waals surface area contributed by atoms with Crippen molar-refractivity contribution >= 4 is 11.7 Å². The molecule has 0 radical (unpaired) electrons. The predicted molar refractivity (Wildman–Crippen MR) is 81.8 cm³/mol. The molecule has 0 bridgehead atoms. The lowest BCUT2D eigenvalue weighted by Gasteiger charge is -2.23. The van der Waals surface area contributed by atoms with Crippen molar-refractivity contribution in [1.29, 1.82) is 5.26 Å². The molecule has 6 nitrogen and oxygen atoms in total. The van der Waals surface area contributed by atoms with Gasteiger partial charge in [-0.3, -0.25) is 4.79 Å². The summed E-state index contributed by atoms with van der Waals surface area (Å²) in [4.78, 5) is 11.8. The second-order valence-electron chi connectivity index (χ2n) is 5.48. The second-order valence-corrected chi connectivity index (χ2v) is 5.48. The highest BCUT2D eigenvalue weighted by molar-refractivity contribution is 5.82. The molecule has 0 atom stereocenters. The topological polar surface area (TPSA) is 90.7 Å². The number of amides is 1. The van der Waals surface area contributed by atoms with Crippen LogP contribution in [0.15, 0.2) is 0 Å². The summed E-state index contributed by atoms with van der Waals surface area (Å²) in [5, 5.41) is 23.4. The number of hydrogen-bond donors (Lipinski definition) is 2. The molecule has 0 aliphatic rings. The molecule has 0 fully saturated rings. The van der Waals surface area contributed by atoms with Gasteiger partial charge in [-0.25, -0.2) is 0 Å². The Hall–Kier alpha value is -2.16. The van der Waals surface area contributed by atoms with Crippen molar-refractivity contribution in [2.45, 2.75) is 40.5 Å². The molecule has 0 aliphatic carbocycles. The standard InChI is InChI=1S/C15H23N5O/c1-6-10-11(8-16)13(20-19-12(10)7-2)18-9-15(3,4)14(21)17-5/h6-7,9H2,1-5H3,(H,17,21)(H,18,20). The highest BCUT2D eigenvalue weighted by Crippen LogP contribution is 2.22. The van der Waals surface area contributed by atoms with Crippen LogP contribution in [0.1, 0.15) is 44.5 Å². The molecule has 0 saturated heterocycles. The van der Waals surface area contributed by atoms with Crippen molar-refractivity contribution in [2.24, 2.45) is 5.41 Å². The van der Waals surface area contributed by atoms with E-state index in [4.69, 9.17) is 0 Å². The minimum atomic E-state index is -0.598. The summed E-state index contributed by atoms with van der Waals surface area (Å²) in [5.74, 6) is 0.380. The van der Waals surface area contributed by atoms with E-state index in [9.17, 15) is 10.1 Å². The molecule has 0 unspecified atom stereocenters. The van der Waals surface area contributed by atoms with Crippen molar-refractivity contribution in [3.8, 4) is 6.07 Å². The van der Waals surface area contributed by atoms with Crippen LogP contribution in [-0.2, 0) is 17.6 Å². The summed E-state index contributed by atoms with van der Waals surface area (Å²) >= 11 is 0. The van der Waals surface area contributed by atoms with Crippen LogP contribution in [-0.4, -0.2) is 29.7 Å². The average molecular weight is 289 g/mol. The number of aryl methyl sites for hydroxylation is 1. The molecule has 0 saturated carbocycles. The Labute approximate surface area is 126 Å². The Kier molecular flexibility index (Phi) is 5.65. The number of nitrogens with zero attached hydrogens (tertiary/aromatic N) is 3. The molecule has 1 aromatic rings. The van der Waals surface area contributed by atoms with Crippen molar-refractivity contribution in [2.75, 3.05) is 18.9 Å². The molecule has 2 N–H and O–H groups in total. The van der Waals surface area contributed by atoms with Crippen molar-refractivity contribution in [3.63, 3.8) is 0 Å². The normalized spacial score (nSPS) is 10.9. The van der Waals surface area contributed by atoms with E-state index >= 15 is 0 Å².